The maximum absolute atomic E-state index is 14.1. The summed E-state index contributed by atoms with van der Waals surface area (Å²) in [6.45, 7) is 9.63. The van der Waals surface area contributed by atoms with Gasteiger partial charge in [0.05, 0.1) is 11.0 Å². The van der Waals surface area contributed by atoms with Gasteiger partial charge in [0.1, 0.15) is 29.5 Å². The van der Waals surface area contributed by atoms with Crippen LogP contribution in [-0.2, 0) is 27.4 Å². The fraction of sp³-hybridized carbons (Fsp3) is 0.405. The summed E-state index contributed by atoms with van der Waals surface area (Å²) in [5.41, 5.74) is 1.24. The van der Waals surface area contributed by atoms with Crippen LogP contribution in [0, 0.1) is 0 Å². The number of carbonyl (C=O) groups is 3. The lowest BCUT2D eigenvalue weighted by Gasteiger charge is -2.36. The standard InChI is InChI=1S/C37H45N5O6/c1-36(2,3)48-35(46)40-37(4,5)33(44)38-30(23-25-15-17-28(18-16-25)47-24-26-11-7-6-8-12-26)32(43)41-21-19-27(20-22-41)42-31-14-10-9-13-29(31)39-34(42)45/h6-18,27,30H,19-24H2,1-5H3,(H,38,44)(H,39,45)(H,40,46)/t30-/m1/s1. The normalized spacial score (nSPS) is 14.7. The number of rotatable bonds is 10. The molecule has 11 nitrogen and oxygen atoms in total. The molecule has 1 saturated heterocycles. The predicted octanol–water partition coefficient (Wildman–Crippen LogP) is 5.10. The molecule has 1 atom stereocenters. The van der Waals surface area contributed by atoms with Crippen LogP contribution in [0.1, 0.15) is 64.6 Å². The molecule has 1 aliphatic heterocycles. The third-order valence-electron chi connectivity index (χ3n) is 8.36. The molecule has 2 heterocycles. The number of piperidine rings is 1. The fourth-order valence-corrected chi connectivity index (χ4v) is 5.85. The van der Waals surface area contributed by atoms with Crippen LogP contribution in [0.15, 0.2) is 83.7 Å². The van der Waals surface area contributed by atoms with Crippen LogP contribution in [0.4, 0.5) is 4.79 Å². The smallest absolute Gasteiger partial charge is 0.408 e. The quantitative estimate of drug-likeness (QED) is 0.218. The topological polar surface area (TPSA) is 135 Å². The molecule has 1 aromatic heterocycles. The highest BCUT2D eigenvalue weighted by molar-refractivity contribution is 5.93. The van der Waals surface area contributed by atoms with E-state index >= 15 is 0 Å². The molecule has 3 N–H and O–H groups in total. The summed E-state index contributed by atoms with van der Waals surface area (Å²) < 4.78 is 13.1. The van der Waals surface area contributed by atoms with Crippen LogP contribution in [-0.4, -0.2) is 62.6 Å². The summed E-state index contributed by atoms with van der Waals surface area (Å²) in [5, 5.41) is 5.54. The molecule has 0 unspecified atom stereocenters. The van der Waals surface area contributed by atoms with Crippen molar-refractivity contribution >= 4 is 28.9 Å². The highest BCUT2D eigenvalue weighted by atomic mass is 16.6. The number of para-hydroxylation sites is 2. The fourth-order valence-electron chi connectivity index (χ4n) is 5.85. The van der Waals surface area contributed by atoms with Crippen molar-refractivity contribution in [2.75, 3.05) is 13.1 Å². The van der Waals surface area contributed by atoms with Crippen molar-refractivity contribution in [3.8, 4) is 5.75 Å². The van der Waals surface area contributed by atoms with E-state index < -0.39 is 29.2 Å². The Labute approximate surface area is 280 Å². The Morgan fingerprint density at radius 1 is 0.875 bits per heavy atom. The molecule has 0 spiro atoms. The molecule has 0 bridgehead atoms. The molecule has 3 amide bonds. The summed E-state index contributed by atoms with van der Waals surface area (Å²) >= 11 is 0. The van der Waals surface area contributed by atoms with Gasteiger partial charge in [-0.3, -0.25) is 14.2 Å². The highest BCUT2D eigenvalue weighted by Crippen LogP contribution is 2.26. The Balaban J connectivity index is 1.29. The number of likely N-dealkylation sites (tertiary alicyclic amines) is 1. The lowest BCUT2D eigenvalue weighted by Crippen LogP contribution is -2.60. The van der Waals surface area contributed by atoms with Crippen molar-refractivity contribution in [2.45, 2.75) is 83.7 Å². The number of alkyl carbamates (subject to hydrolysis) is 1. The van der Waals surface area contributed by atoms with Gasteiger partial charge < -0.3 is 30.0 Å². The third-order valence-corrected chi connectivity index (χ3v) is 8.36. The summed E-state index contributed by atoms with van der Waals surface area (Å²) in [6, 6.07) is 23.9. The van der Waals surface area contributed by atoms with E-state index in [4.69, 9.17) is 9.47 Å². The number of aromatic nitrogens is 2. The first kappa shape index (κ1) is 34.3. The third kappa shape index (κ3) is 8.64. The van der Waals surface area contributed by atoms with E-state index in [-0.39, 0.29) is 24.1 Å². The molecule has 4 aromatic rings. The van der Waals surface area contributed by atoms with Crippen molar-refractivity contribution in [3.05, 3.63) is 100 Å². The van der Waals surface area contributed by atoms with Crippen LogP contribution < -0.4 is 21.1 Å². The summed E-state index contributed by atoms with van der Waals surface area (Å²) in [4.78, 5) is 57.6. The molecule has 48 heavy (non-hydrogen) atoms. The molecule has 0 radical (unpaired) electrons. The molecule has 1 fully saturated rings. The second-order valence-corrected chi connectivity index (χ2v) is 13.8. The van der Waals surface area contributed by atoms with Gasteiger partial charge >= 0.3 is 11.8 Å². The predicted molar refractivity (Wildman–Crippen MR) is 184 cm³/mol. The average Bonchev–Trinajstić information content (AvgIpc) is 3.38. The minimum Gasteiger partial charge on any atom is -0.489 e. The Hall–Kier alpha value is -5.06. The Morgan fingerprint density at radius 3 is 2.19 bits per heavy atom. The number of nitrogens with one attached hydrogen (secondary N) is 3. The summed E-state index contributed by atoms with van der Waals surface area (Å²) in [5.74, 6) is -0.0629. The van der Waals surface area contributed by atoms with E-state index in [2.05, 4.69) is 15.6 Å². The number of aromatic amines is 1. The Morgan fingerprint density at radius 2 is 1.52 bits per heavy atom. The van der Waals surface area contributed by atoms with Gasteiger partial charge in [-0.25, -0.2) is 9.59 Å². The van der Waals surface area contributed by atoms with Crippen molar-refractivity contribution < 1.29 is 23.9 Å². The maximum Gasteiger partial charge on any atom is 0.408 e. The summed E-state index contributed by atoms with van der Waals surface area (Å²) in [6.07, 6.45) is 0.681. The van der Waals surface area contributed by atoms with Crippen LogP contribution >= 0.6 is 0 Å². The molecular formula is C37H45N5O6. The van der Waals surface area contributed by atoms with Gasteiger partial charge in [-0.15, -0.1) is 0 Å². The van der Waals surface area contributed by atoms with Gasteiger partial charge in [0, 0.05) is 25.6 Å². The molecule has 5 rings (SSSR count). The first-order valence-corrected chi connectivity index (χ1v) is 16.3. The Kier molecular flexibility index (Phi) is 10.3. The first-order chi connectivity index (χ1) is 22.8. The van der Waals surface area contributed by atoms with Crippen LogP contribution in [0.2, 0.25) is 0 Å². The number of fused-ring (bicyclic) bond motifs is 1. The zero-order valence-corrected chi connectivity index (χ0v) is 28.2. The highest BCUT2D eigenvalue weighted by Gasteiger charge is 2.36. The van der Waals surface area contributed by atoms with Gasteiger partial charge in [-0.2, -0.15) is 0 Å². The van der Waals surface area contributed by atoms with Gasteiger partial charge in [0.15, 0.2) is 0 Å². The largest absolute Gasteiger partial charge is 0.489 e. The van der Waals surface area contributed by atoms with Crippen molar-refractivity contribution in [3.63, 3.8) is 0 Å². The monoisotopic (exact) mass is 655 g/mol. The summed E-state index contributed by atoms with van der Waals surface area (Å²) in [7, 11) is 0. The lowest BCUT2D eigenvalue weighted by atomic mass is 9.99. The van der Waals surface area contributed by atoms with E-state index in [9.17, 15) is 19.2 Å². The van der Waals surface area contributed by atoms with Gasteiger partial charge in [0.25, 0.3) is 0 Å². The molecule has 1 aliphatic rings. The number of ether oxygens (including phenoxy) is 2. The first-order valence-electron chi connectivity index (χ1n) is 16.3. The zero-order chi connectivity index (χ0) is 34.5. The number of H-pyrrole nitrogens is 1. The van der Waals surface area contributed by atoms with E-state index in [0.29, 0.717) is 38.3 Å². The molecule has 3 aromatic carbocycles. The van der Waals surface area contributed by atoms with E-state index in [1.54, 1.807) is 44.1 Å². The van der Waals surface area contributed by atoms with Gasteiger partial charge in [-0.05, 0) is 82.9 Å². The number of hydrogen-bond donors (Lipinski definition) is 3. The van der Waals surface area contributed by atoms with Crippen LogP contribution in [0.5, 0.6) is 5.75 Å². The molecule has 0 saturated carbocycles. The number of carbonyl (C=O) groups excluding carboxylic acids is 3. The molecule has 0 aliphatic carbocycles. The van der Waals surface area contributed by atoms with Gasteiger partial charge in [0.2, 0.25) is 11.8 Å². The molecule has 254 valence electrons. The number of hydrogen-bond acceptors (Lipinski definition) is 6. The molecular weight excluding hydrogens is 610 g/mol. The Bertz CT molecular complexity index is 1780. The lowest BCUT2D eigenvalue weighted by molar-refractivity contribution is -0.138. The van der Waals surface area contributed by atoms with Crippen LogP contribution in [0.25, 0.3) is 11.0 Å². The number of amides is 3. The SMILES string of the molecule is CC(C)(C)OC(=O)NC(C)(C)C(=O)N[C@H](Cc1ccc(OCc2ccccc2)cc1)C(=O)N1CCC(n2c(=O)[nH]c3ccccc32)CC1. The van der Waals surface area contributed by atoms with Gasteiger partial charge in [-0.1, -0.05) is 54.6 Å². The second kappa shape index (κ2) is 14.4. The maximum atomic E-state index is 14.1. The van der Waals surface area contributed by atoms with Crippen molar-refractivity contribution in [1.29, 1.82) is 0 Å². The zero-order valence-electron chi connectivity index (χ0n) is 28.2. The number of imidazole rings is 1. The number of benzene rings is 3. The minimum absolute atomic E-state index is 0.0638. The van der Waals surface area contributed by atoms with Crippen molar-refractivity contribution in [1.82, 2.24) is 25.1 Å². The van der Waals surface area contributed by atoms with E-state index in [1.165, 1.54) is 0 Å². The van der Waals surface area contributed by atoms with Crippen LogP contribution in [0.3, 0.4) is 0 Å². The average molecular weight is 656 g/mol. The number of nitrogens with zero attached hydrogens (tertiary/aromatic N) is 2. The second-order valence-electron chi connectivity index (χ2n) is 13.8. The van der Waals surface area contributed by atoms with Crippen molar-refractivity contribution in [2.24, 2.45) is 0 Å². The van der Waals surface area contributed by atoms with E-state index in [1.807, 2.05) is 78.9 Å². The minimum atomic E-state index is -1.36. The molecule has 11 heteroatoms. The van der Waals surface area contributed by atoms with E-state index in [0.717, 1.165) is 22.2 Å².